The maximum absolute atomic E-state index is 12.4. The topological polar surface area (TPSA) is 108 Å². The number of nitrogens with one attached hydrogen (secondary N) is 3. The summed E-state index contributed by atoms with van der Waals surface area (Å²) < 4.78 is 0. The van der Waals surface area contributed by atoms with Gasteiger partial charge in [0.15, 0.2) is 0 Å². The number of nitrogens with zero attached hydrogens (tertiary/aromatic N) is 1. The SMILES string of the molecule is CCC1(CCc2n[nH]c(=O)c3ccccc23)CC(NC(=O)c2c[nH]c(=O)c(Cl)c2)C1. The zero-order chi connectivity index (χ0) is 21.3. The summed E-state index contributed by atoms with van der Waals surface area (Å²) in [5.41, 5.74) is 0.795. The van der Waals surface area contributed by atoms with Crippen LogP contribution in [-0.4, -0.2) is 27.1 Å². The van der Waals surface area contributed by atoms with Gasteiger partial charge in [0.1, 0.15) is 5.02 Å². The number of H-pyrrole nitrogens is 2. The second-order valence-electron chi connectivity index (χ2n) is 8.04. The number of rotatable bonds is 6. The Balaban J connectivity index is 1.39. The minimum atomic E-state index is -0.412. The van der Waals surface area contributed by atoms with Crippen molar-refractivity contribution < 1.29 is 4.79 Å². The number of aryl methyl sites for hydroxylation is 1. The highest BCUT2D eigenvalue weighted by atomic mass is 35.5. The monoisotopic (exact) mass is 426 g/mol. The third kappa shape index (κ3) is 3.89. The lowest BCUT2D eigenvalue weighted by molar-refractivity contribution is 0.0571. The molecule has 1 fully saturated rings. The Morgan fingerprint density at radius 3 is 2.67 bits per heavy atom. The van der Waals surface area contributed by atoms with Crippen LogP contribution in [0.1, 0.15) is 48.7 Å². The molecule has 1 aliphatic carbocycles. The Morgan fingerprint density at radius 1 is 1.23 bits per heavy atom. The van der Waals surface area contributed by atoms with Crippen LogP contribution in [0, 0.1) is 5.41 Å². The third-order valence-electron chi connectivity index (χ3n) is 6.23. The zero-order valence-corrected chi connectivity index (χ0v) is 17.4. The molecule has 3 N–H and O–H groups in total. The molecule has 0 radical (unpaired) electrons. The quantitative estimate of drug-likeness (QED) is 0.562. The number of hydrogen-bond acceptors (Lipinski definition) is 4. The first-order valence-electron chi connectivity index (χ1n) is 10.1. The van der Waals surface area contributed by atoms with Gasteiger partial charge < -0.3 is 10.3 Å². The third-order valence-corrected chi connectivity index (χ3v) is 6.51. The van der Waals surface area contributed by atoms with Crippen LogP contribution in [0.3, 0.4) is 0 Å². The predicted molar refractivity (Wildman–Crippen MR) is 116 cm³/mol. The highest BCUT2D eigenvalue weighted by Crippen LogP contribution is 2.47. The van der Waals surface area contributed by atoms with Gasteiger partial charge in [0.05, 0.1) is 16.6 Å². The molecular weight excluding hydrogens is 404 g/mol. The molecule has 7 nitrogen and oxygen atoms in total. The van der Waals surface area contributed by atoms with Crippen LogP contribution in [0.5, 0.6) is 0 Å². The molecule has 2 aromatic heterocycles. The lowest BCUT2D eigenvalue weighted by Gasteiger charge is -2.48. The number of amides is 1. The first-order chi connectivity index (χ1) is 14.4. The number of benzene rings is 1. The molecule has 2 heterocycles. The van der Waals surface area contributed by atoms with E-state index in [9.17, 15) is 14.4 Å². The van der Waals surface area contributed by atoms with Crippen LogP contribution in [0.4, 0.5) is 0 Å². The second-order valence-corrected chi connectivity index (χ2v) is 8.45. The molecule has 0 aliphatic heterocycles. The average molecular weight is 427 g/mol. The number of halogens is 1. The summed E-state index contributed by atoms with van der Waals surface area (Å²) in [7, 11) is 0. The predicted octanol–water partition coefficient (Wildman–Crippen LogP) is 3.19. The molecule has 4 rings (SSSR count). The highest BCUT2D eigenvalue weighted by molar-refractivity contribution is 6.30. The summed E-state index contributed by atoms with van der Waals surface area (Å²) >= 11 is 5.81. The smallest absolute Gasteiger partial charge is 0.272 e. The van der Waals surface area contributed by atoms with Gasteiger partial charge in [-0.2, -0.15) is 5.10 Å². The Kier molecular flexibility index (Phi) is 5.47. The average Bonchev–Trinajstić information content (AvgIpc) is 2.73. The molecule has 8 heteroatoms. The molecule has 30 heavy (non-hydrogen) atoms. The fraction of sp³-hybridized carbons (Fsp3) is 0.364. The molecule has 0 bridgehead atoms. The zero-order valence-electron chi connectivity index (χ0n) is 16.6. The summed E-state index contributed by atoms with van der Waals surface area (Å²) in [4.78, 5) is 38.2. The van der Waals surface area contributed by atoms with E-state index in [-0.39, 0.29) is 27.9 Å². The van der Waals surface area contributed by atoms with Crippen molar-refractivity contribution in [1.82, 2.24) is 20.5 Å². The van der Waals surface area contributed by atoms with Gasteiger partial charge in [0.2, 0.25) is 0 Å². The number of pyridine rings is 1. The van der Waals surface area contributed by atoms with Crippen LogP contribution in [-0.2, 0) is 6.42 Å². The lowest BCUT2D eigenvalue weighted by Crippen LogP contribution is -2.50. The van der Waals surface area contributed by atoms with Crippen LogP contribution in [0.25, 0.3) is 10.8 Å². The number of aromatic nitrogens is 3. The van der Waals surface area contributed by atoms with Gasteiger partial charge in [-0.05, 0) is 43.2 Å². The van der Waals surface area contributed by atoms with E-state index in [1.807, 2.05) is 24.3 Å². The second kappa shape index (κ2) is 8.07. The molecule has 1 aliphatic rings. The summed E-state index contributed by atoms with van der Waals surface area (Å²) in [6.45, 7) is 2.16. The van der Waals surface area contributed by atoms with Crippen LogP contribution in [0.15, 0.2) is 46.1 Å². The molecule has 0 spiro atoms. The molecule has 3 aromatic rings. The van der Waals surface area contributed by atoms with Crippen molar-refractivity contribution in [1.29, 1.82) is 0 Å². The van der Waals surface area contributed by atoms with Crippen LogP contribution < -0.4 is 16.4 Å². The van der Waals surface area contributed by atoms with E-state index in [0.29, 0.717) is 10.9 Å². The van der Waals surface area contributed by atoms with Crippen molar-refractivity contribution in [2.45, 2.75) is 45.1 Å². The Morgan fingerprint density at radius 2 is 1.97 bits per heavy atom. The maximum Gasteiger partial charge on any atom is 0.272 e. The van der Waals surface area contributed by atoms with Gasteiger partial charge in [0, 0.05) is 17.6 Å². The maximum atomic E-state index is 12.4. The van der Waals surface area contributed by atoms with Crippen LogP contribution >= 0.6 is 11.6 Å². The molecule has 0 unspecified atom stereocenters. The summed E-state index contributed by atoms with van der Waals surface area (Å²) in [5, 5.41) is 11.4. The fourth-order valence-corrected chi connectivity index (χ4v) is 4.53. The molecule has 1 aromatic carbocycles. The summed E-state index contributed by atoms with van der Waals surface area (Å²) in [6.07, 6.45) is 5.85. The minimum absolute atomic E-state index is 0.000191. The molecule has 156 valence electrons. The van der Waals surface area contributed by atoms with Crippen molar-refractivity contribution in [3.8, 4) is 0 Å². The number of aromatic amines is 2. The Hall–Kier alpha value is -2.93. The van der Waals surface area contributed by atoms with E-state index in [4.69, 9.17) is 11.6 Å². The summed E-state index contributed by atoms with van der Waals surface area (Å²) in [6, 6.07) is 8.99. The van der Waals surface area contributed by atoms with Gasteiger partial charge in [-0.25, -0.2) is 5.10 Å². The van der Waals surface area contributed by atoms with Crippen molar-refractivity contribution in [3.05, 3.63) is 73.5 Å². The van der Waals surface area contributed by atoms with Crippen LogP contribution in [0.2, 0.25) is 5.02 Å². The first kappa shape index (κ1) is 20.3. The van der Waals surface area contributed by atoms with Gasteiger partial charge in [0.25, 0.3) is 17.0 Å². The number of fused-ring (bicyclic) bond motifs is 1. The Bertz CT molecular complexity index is 1210. The lowest BCUT2D eigenvalue weighted by atomic mass is 9.61. The van der Waals surface area contributed by atoms with Gasteiger partial charge in [-0.1, -0.05) is 43.1 Å². The standard InChI is InChI=1S/C22H23ClN4O3/c1-2-22(8-7-18-15-5-3-4-6-16(15)20(29)27-26-18)10-14(11-22)25-19(28)13-9-17(23)21(30)24-12-13/h3-6,9,12,14H,2,7-8,10-11H2,1H3,(H,24,30)(H,25,28)(H,27,29). The van der Waals surface area contributed by atoms with E-state index < -0.39 is 5.56 Å². The van der Waals surface area contributed by atoms with Crippen molar-refractivity contribution in [2.24, 2.45) is 5.41 Å². The number of carbonyl (C=O) groups is 1. The molecule has 0 atom stereocenters. The highest BCUT2D eigenvalue weighted by Gasteiger charge is 2.43. The summed E-state index contributed by atoms with van der Waals surface area (Å²) in [5.74, 6) is -0.240. The molecular formula is C22H23ClN4O3. The van der Waals surface area contributed by atoms with Crippen molar-refractivity contribution in [2.75, 3.05) is 0 Å². The van der Waals surface area contributed by atoms with Crippen molar-refractivity contribution >= 4 is 28.3 Å². The molecule has 0 saturated heterocycles. The van der Waals surface area contributed by atoms with E-state index in [0.717, 1.165) is 43.2 Å². The fourth-order valence-electron chi connectivity index (χ4n) is 4.36. The normalized spacial score (nSPS) is 20.7. The molecule has 1 amide bonds. The Labute approximate surface area is 177 Å². The molecule has 1 saturated carbocycles. The van der Waals surface area contributed by atoms with Gasteiger partial charge >= 0.3 is 0 Å². The van der Waals surface area contributed by atoms with E-state index >= 15 is 0 Å². The number of carbonyl (C=O) groups excluding carboxylic acids is 1. The van der Waals surface area contributed by atoms with E-state index in [1.54, 1.807) is 0 Å². The first-order valence-corrected chi connectivity index (χ1v) is 10.4. The van der Waals surface area contributed by atoms with Gasteiger partial charge in [-0.3, -0.25) is 14.4 Å². The van der Waals surface area contributed by atoms with E-state index in [2.05, 4.69) is 27.4 Å². The minimum Gasteiger partial charge on any atom is -0.349 e. The van der Waals surface area contributed by atoms with Gasteiger partial charge in [-0.15, -0.1) is 0 Å². The largest absolute Gasteiger partial charge is 0.349 e. The number of hydrogen-bond donors (Lipinski definition) is 3. The van der Waals surface area contributed by atoms with E-state index in [1.165, 1.54) is 12.3 Å². The van der Waals surface area contributed by atoms with Crippen molar-refractivity contribution in [3.63, 3.8) is 0 Å².